The monoisotopic (exact) mass is 428 g/mol. The minimum Gasteiger partial charge on any atom is -0.493 e. The Bertz CT molecular complexity index is 1110. The molecule has 0 saturated heterocycles. The van der Waals surface area contributed by atoms with Gasteiger partial charge in [-0.15, -0.1) is 0 Å². The van der Waals surface area contributed by atoms with Crippen molar-refractivity contribution in [3.63, 3.8) is 0 Å². The van der Waals surface area contributed by atoms with Crippen molar-refractivity contribution in [2.45, 2.75) is 0 Å². The topological polar surface area (TPSA) is 71.3 Å². The summed E-state index contributed by atoms with van der Waals surface area (Å²) in [7, 11) is 3.23. The maximum atomic E-state index is 5.82. The fraction of sp³-hybridized carbons (Fsp3) is 0.211. The molecular formula is C19H17BrN4O3. The van der Waals surface area contributed by atoms with Crippen LogP contribution < -0.4 is 9.47 Å². The minimum absolute atomic E-state index is 0.420. The summed E-state index contributed by atoms with van der Waals surface area (Å²) >= 11 is 3.52. The molecule has 0 aliphatic heterocycles. The van der Waals surface area contributed by atoms with Crippen LogP contribution in [0.5, 0.6) is 11.5 Å². The maximum absolute atomic E-state index is 5.82. The lowest BCUT2D eigenvalue weighted by Gasteiger charge is -2.13. The number of halogens is 1. The lowest BCUT2D eigenvalue weighted by Crippen LogP contribution is -2.06. The van der Waals surface area contributed by atoms with E-state index < -0.39 is 0 Å². The van der Waals surface area contributed by atoms with Crippen molar-refractivity contribution in [2.24, 2.45) is 0 Å². The number of aromatic nitrogens is 4. The van der Waals surface area contributed by atoms with Gasteiger partial charge in [-0.3, -0.25) is 0 Å². The molecule has 4 rings (SSSR count). The van der Waals surface area contributed by atoms with Crippen LogP contribution in [-0.4, -0.2) is 47.4 Å². The van der Waals surface area contributed by atoms with E-state index >= 15 is 0 Å². The van der Waals surface area contributed by atoms with Crippen molar-refractivity contribution in [1.82, 2.24) is 20.0 Å². The van der Waals surface area contributed by atoms with Gasteiger partial charge in [0.15, 0.2) is 11.5 Å². The fourth-order valence-electron chi connectivity index (χ4n) is 2.91. The van der Waals surface area contributed by atoms with Gasteiger partial charge in [0.05, 0.1) is 42.8 Å². The van der Waals surface area contributed by atoms with E-state index in [2.05, 4.69) is 31.2 Å². The van der Waals surface area contributed by atoms with Gasteiger partial charge >= 0.3 is 0 Å². The van der Waals surface area contributed by atoms with Crippen molar-refractivity contribution in [3.8, 4) is 17.2 Å². The van der Waals surface area contributed by atoms with Gasteiger partial charge in [0, 0.05) is 28.4 Å². The van der Waals surface area contributed by atoms with Gasteiger partial charge in [-0.1, -0.05) is 22.0 Å². The minimum atomic E-state index is 0.420. The number of rotatable bonds is 6. The van der Waals surface area contributed by atoms with Gasteiger partial charge in [0.25, 0.3) is 0 Å². The normalized spacial score (nSPS) is 11.2. The Kier molecular flexibility index (Phi) is 4.91. The zero-order chi connectivity index (χ0) is 18.8. The van der Waals surface area contributed by atoms with Gasteiger partial charge in [-0.2, -0.15) is 15.3 Å². The zero-order valence-electron chi connectivity index (χ0n) is 14.8. The summed E-state index contributed by atoms with van der Waals surface area (Å²) in [4.78, 5) is 0. The van der Waals surface area contributed by atoms with Gasteiger partial charge in [-0.05, 0) is 18.2 Å². The first-order chi connectivity index (χ1) is 13.2. The number of fused-ring (bicyclic) bond motifs is 2. The SMILES string of the molecule is COCCOc1cc2c(-n3ncc4ccc(Br)cc43)cnnc2cc1OC. The van der Waals surface area contributed by atoms with Crippen molar-refractivity contribution >= 4 is 37.7 Å². The van der Waals surface area contributed by atoms with E-state index in [4.69, 9.17) is 14.2 Å². The van der Waals surface area contributed by atoms with Crippen LogP contribution in [0.1, 0.15) is 0 Å². The fourth-order valence-corrected chi connectivity index (χ4v) is 3.26. The maximum Gasteiger partial charge on any atom is 0.163 e. The van der Waals surface area contributed by atoms with Gasteiger partial charge in [-0.25, -0.2) is 4.68 Å². The van der Waals surface area contributed by atoms with Crippen LogP contribution in [0.25, 0.3) is 27.5 Å². The quantitative estimate of drug-likeness (QED) is 0.435. The van der Waals surface area contributed by atoms with E-state index in [1.165, 1.54) is 0 Å². The van der Waals surface area contributed by atoms with E-state index in [0.29, 0.717) is 30.2 Å². The van der Waals surface area contributed by atoms with E-state index in [0.717, 1.165) is 26.4 Å². The zero-order valence-corrected chi connectivity index (χ0v) is 16.4. The van der Waals surface area contributed by atoms with E-state index in [1.807, 2.05) is 41.2 Å². The first-order valence-electron chi connectivity index (χ1n) is 8.30. The molecular weight excluding hydrogens is 412 g/mol. The molecule has 0 spiro atoms. The molecule has 0 radical (unpaired) electrons. The third-order valence-corrected chi connectivity index (χ3v) is 4.70. The third-order valence-electron chi connectivity index (χ3n) is 4.21. The van der Waals surface area contributed by atoms with Gasteiger partial charge in [0.1, 0.15) is 6.61 Å². The number of benzene rings is 2. The lowest BCUT2D eigenvalue weighted by molar-refractivity contribution is 0.144. The largest absolute Gasteiger partial charge is 0.493 e. The average Bonchev–Trinajstić information content (AvgIpc) is 3.10. The molecule has 0 amide bonds. The van der Waals surface area contributed by atoms with Gasteiger partial charge in [0.2, 0.25) is 0 Å². The van der Waals surface area contributed by atoms with E-state index in [9.17, 15) is 0 Å². The summed E-state index contributed by atoms with van der Waals surface area (Å²) in [5.41, 5.74) is 2.48. The van der Waals surface area contributed by atoms with E-state index in [-0.39, 0.29) is 0 Å². The number of hydrogen-bond acceptors (Lipinski definition) is 6. The molecule has 0 atom stereocenters. The molecule has 0 fully saturated rings. The summed E-state index contributed by atoms with van der Waals surface area (Å²) < 4.78 is 19.1. The van der Waals surface area contributed by atoms with Crippen LogP contribution in [0.15, 0.2) is 47.2 Å². The highest BCUT2D eigenvalue weighted by atomic mass is 79.9. The Hall–Kier alpha value is -2.71. The summed E-state index contributed by atoms with van der Waals surface area (Å²) in [6.07, 6.45) is 3.52. The van der Waals surface area contributed by atoms with E-state index in [1.54, 1.807) is 20.4 Å². The average molecular weight is 429 g/mol. The highest BCUT2D eigenvalue weighted by molar-refractivity contribution is 9.10. The van der Waals surface area contributed by atoms with Crippen LogP contribution in [-0.2, 0) is 4.74 Å². The molecule has 0 aliphatic rings. The predicted octanol–water partition coefficient (Wildman–Crippen LogP) is 3.77. The number of methoxy groups -OCH3 is 2. The van der Waals surface area contributed by atoms with Crippen LogP contribution in [0.2, 0.25) is 0 Å². The summed E-state index contributed by atoms with van der Waals surface area (Å²) in [6.45, 7) is 0.907. The summed E-state index contributed by atoms with van der Waals surface area (Å²) in [5.74, 6) is 1.21. The molecule has 0 bridgehead atoms. The van der Waals surface area contributed by atoms with Crippen LogP contribution in [0, 0.1) is 0 Å². The van der Waals surface area contributed by atoms with Crippen LogP contribution >= 0.6 is 15.9 Å². The molecule has 8 heteroatoms. The molecule has 0 aliphatic carbocycles. The molecule has 27 heavy (non-hydrogen) atoms. The Balaban J connectivity index is 1.89. The number of ether oxygens (including phenoxy) is 3. The highest BCUT2D eigenvalue weighted by Gasteiger charge is 2.14. The second-order valence-corrected chi connectivity index (χ2v) is 6.77. The number of hydrogen-bond donors (Lipinski definition) is 0. The van der Waals surface area contributed by atoms with Gasteiger partial charge < -0.3 is 14.2 Å². The summed E-state index contributed by atoms with van der Waals surface area (Å²) in [6, 6.07) is 9.74. The molecule has 2 aromatic carbocycles. The smallest absolute Gasteiger partial charge is 0.163 e. The standard InChI is InChI=1S/C19H17BrN4O3/c1-25-5-6-27-19-8-14-15(9-18(19)26-2)23-21-11-17(14)24-16-7-13(20)4-3-12(16)10-22-24/h3-4,7-11H,5-6H2,1-2H3. The molecule has 7 nitrogen and oxygen atoms in total. The first-order valence-corrected chi connectivity index (χ1v) is 9.09. The summed E-state index contributed by atoms with van der Waals surface area (Å²) in [5, 5.41) is 14.8. The molecule has 0 N–H and O–H groups in total. The van der Waals surface area contributed by atoms with Crippen LogP contribution in [0.4, 0.5) is 0 Å². The first kappa shape index (κ1) is 17.7. The van der Waals surface area contributed by atoms with Crippen molar-refractivity contribution < 1.29 is 14.2 Å². The Morgan fingerprint density at radius 2 is 1.93 bits per heavy atom. The molecule has 138 valence electrons. The molecule has 0 unspecified atom stereocenters. The number of nitrogens with zero attached hydrogens (tertiary/aromatic N) is 4. The Morgan fingerprint density at radius 1 is 1.04 bits per heavy atom. The Labute approximate surface area is 164 Å². The Morgan fingerprint density at radius 3 is 2.74 bits per heavy atom. The van der Waals surface area contributed by atoms with Crippen molar-refractivity contribution in [1.29, 1.82) is 0 Å². The van der Waals surface area contributed by atoms with Crippen LogP contribution in [0.3, 0.4) is 0 Å². The highest BCUT2D eigenvalue weighted by Crippen LogP contribution is 2.34. The molecule has 4 aromatic rings. The molecule has 0 saturated carbocycles. The van der Waals surface area contributed by atoms with Crippen molar-refractivity contribution in [2.75, 3.05) is 27.4 Å². The second kappa shape index (κ2) is 7.50. The third kappa shape index (κ3) is 3.33. The lowest BCUT2D eigenvalue weighted by atomic mass is 10.1. The predicted molar refractivity (Wildman–Crippen MR) is 106 cm³/mol. The second-order valence-electron chi connectivity index (χ2n) is 5.85. The van der Waals surface area contributed by atoms with Crippen molar-refractivity contribution in [3.05, 3.63) is 47.2 Å². The molecule has 2 heterocycles. The molecule has 2 aromatic heterocycles.